The van der Waals surface area contributed by atoms with Gasteiger partial charge >= 0.3 is 0 Å². The first kappa shape index (κ1) is 11.4. The summed E-state index contributed by atoms with van der Waals surface area (Å²) in [6.45, 7) is 1.85. The number of H-pyrrole nitrogens is 1. The smallest absolute Gasteiger partial charge is 0.239 e. The van der Waals surface area contributed by atoms with Gasteiger partial charge in [0.1, 0.15) is 15.7 Å². The number of fused-ring (bicyclic) bond motifs is 1. The molecule has 0 saturated heterocycles. The van der Waals surface area contributed by atoms with Gasteiger partial charge in [0, 0.05) is 5.39 Å². The van der Waals surface area contributed by atoms with Crippen molar-refractivity contribution in [1.29, 1.82) is 0 Å². The van der Waals surface area contributed by atoms with Gasteiger partial charge in [-0.25, -0.2) is 20.8 Å². The maximum atomic E-state index is 5.36. The average Bonchev–Trinajstić information content (AvgIpc) is 2.98. The summed E-state index contributed by atoms with van der Waals surface area (Å²) in [5.41, 5.74) is 2.46. The molecule has 0 unspecified atom stereocenters. The molecule has 18 heavy (non-hydrogen) atoms. The standard InChI is InChI=1S/C9H9N7S2/c1-4-11-9(16-15-4)18-7-5-2-3-17-6(5)12-8(13-7)14-10/h2-3H,10H2,1H3,(H,11,15,16)(H,12,13,14). The molecule has 3 aromatic rings. The van der Waals surface area contributed by atoms with Gasteiger partial charge in [0.15, 0.2) is 0 Å². The third-order valence-corrected chi connectivity index (χ3v) is 3.86. The molecule has 9 heteroatoms. The van der Waals surface area contributed by atoms with Gasteiger partial charge in [-0.3, -0.25) is 10.5 Å². The maximum absolute atomic E-state index is 5.36. The molecule has 4 N–H and O–H groups in total. The highest BCUT2D eigenvalue weighted by atomic mass is 32.2. The Hall–Kier alpha value is -1.71. The molecule has 3 aromatic heterocycles. The summed E-state index contributed by atoms with van der Waals surface area (Å²) in [7, 11) is 0. The lowest BCUT2D eigenvalue weighted by molar-refractivity contribution is 0.964. The van der Waals surface area contributed by atoms with Crippen molar-refractivity contribution < 1.29 is 0 Å². The van der Waals surface area contributed by atoms with Crippen LogP contribution in [0, 0.1) is 6.92 Å². The number of hydrazine groups is 1. The number of thiophene rings is 1. The average molecular weight is 279 g/mol. The molecule has 0 aliphatic heterocycles. The fourth-order valence-electron chi connectivity index (χ4n) is 1.42. The summed E-state index contributed by atoms with van der Waals surface area (Å²) in [6, 6.07) is 1.97. The molecule has 0 atom stereocenters. The van der Waals surface area contributed by atoms with Crippen molar-refractivity contribution in [2.24, 2.45) is 5.84 Å². The lowest BCUT2D eigenvalue weighted by Gasteiger charge is -2.02. The van der Waals surface area contributed by atoms with Crippen LogP contribution in [-0.4, -0.2) is 25.1 Å². The number of aryl methyl sites for hydroxylation is 1. The Bertz CT molecular complexity index is 689. The predicted molar refractivity (Wildman–Crippen MR) is 70.5 cm³/mol. The molecule has 0 bridgehead atoms. The van der Waals surface area contributed by atoms with Crippen LogP contribution < -0.4 is 11.3 Å². The molecular formula is C9H9N7S2. The molecule has 3 rings (SSSR count). The van der Waals surface area contributed by atoms with Crippen LogP contribution in [0.5, 0.6) is 0 Å². The number of nitrogens with zero attached hydrogens (tertiary/aromatic N) is 4. The molecule has 0 spiro atoms. The summed E-state index contributed by atoms with van der Waals surface area (Å²) in [5, 5.41) is 11.2. The summed E-state index contributed by atoms with van der Waals surface area (Å²) in [6.07, 6.45) is 0. The van der Waals surface area contributed by atoms with Gasteiger partial charge in [0.05, 0.1) is 0 Å². The molecule has 0 aliphatic rings. The maximum Gasteiger partial charge on any atom is 0.239 e. The van der Waals surface area contributed by atoms with Crippen molar-refractivity contribution in [3.8, 4) is 0 Å². The van der Waals surface area contributed by atoms with E-state index >= 15 is 0 Å². The number of nitrogen functional groups attached to an aromatic ring is 1. The summed E-state index contributed by atoms with van der Waals surface area (Å²) in [5.74, 6) is 6.52. The number of hydrogen-bond donors (Lipinski definition) is 3. The molecule has 0 aliphatic carbocycles. The van der Waals surface area contributed by atoms with E-state index in [1.54, 1.807) is 0 Å². The van der Waals surface area contributed by atoms with E-state index in [1.165, 1.54) is 23.1 Å². The van der Waals surface area contributed by atoms with Crippen LogP contribution in [0.3, 0.4) is 0 Å². The van der Waals surface area contributed by atoms with E-state index in [2.05, 4.69) is 30.6 Å². The SMILES string of the molecule is Cc1nc(Sc2nc(NN)nc3sccc23)n[nH]1. The normalized spacial score (nSPS) is 11.0. The second-order valence-corrected chi connectivity index (χ2v) is 5.29. The first-order valence-corrected chi connectivity index (χ1v) is 6.74. The van der Waals surface area contributed by atoms with E-state index in [4.69, 9.17) is 5.84 Å². The van der Waals surface area contributed by atoms with Gasteiger partial charge in [0.25, 0.3) is 0 Å². The van der Waals surface area contributed by atoms with Crippen LogP contribution in [0.1, 0.15) is 5.82 Å². The topological polar surface area (TPSA) is 105 Å². The number of anilines is 1. The summed E-state index contributed by atoms with van der Waals surface area (Å²) < 4.78 is 0. The zero-order valence-corrected chi connectivity index (χ0v) is 11.0. The third kappa shape index (κ3) is 2.03. The zero-order valence-electron chi connectivity index (χ0n) is 9.34. The van der Waals surface area contributed by atoms with E-state index in [9.17, 15) is 0 Å². The number of hydrogen-bond acceptors (Lipinski definition) is 8. The fourth-order valence-corrected chi connectivity index (χ4v) is 3.11. The van der Waals surface area contributed by atoms with Crippen LogP contribution >= 0.6 is 23.1 Å². The van der Waals surface area contributed by atoms with Gasteiger partial charge in [-0.15, -0.1) is 16.4 Å². The Morgan fingerprint density at radius 2 is 2.28 bits per heavy atom. The number of nitrogens with one attached hydrogen (secondary N) is 2. The molecule has 7 nitrogen and oxygen atoms in total. The number of aromatic amines is 1. The van der Waals surface area contributed by atoms with Crippen LogP contribution in [0.4, 0.5) is 5.95 Å². The molecule has 0 amide bonds. The Labute approximate surface area is 110 Å². The van der Waals surface area contributed by atoms with E-state index in [0.717, 1.165) is 21.1 Å². The molecule has 92 valence electrons. The largest absolute Gasteiger partial charge is 0.292 e. The number of nitrogens with two attached hydrogens (primary N) is 1. The third-order valence-electron chi connectivity index (χ3n) is 2.18. The summed E-state index contributed by atoms with van der Waals surface area (Å²) >= 11 is 2.92. The van der Waals surface area contributed by atoms with Gasteiger partial charge in [-0.1, -0.05) is 0 Å². The molecular weight excluding hydrogens is 270 g/mol. The van der Waals surface area contributed by atoms with Gasteiger partial charge in [-0.2, -0.15) is 0 Å². The molecule has 0 aromatic carbocycles. The lowest BCUT2D eigenvalue weighted by Crippen LogP contribution is -2.10. The van der Waals surface area contributed by atoms with Crippen molar-refractivity contribution in [3.63, 3.8) is 0 Å². The number of rotatable bonds is 3. The monoisotopic (exact) mass is 279 g/mol. The molecule has 0 fully saturated rings. The van der Waals surface area contributed by atoms with E-state index in [1.807, 2.05) is 18.4 Å². The fraction of sp³-hybridized carbons (Fsp3) is 0.111. The van der Waals surface area contributed by atoms with Crippen molar-refractivity contribution in [3.05, 3.63) is 17.3 Å². The van der Waals surface area contributed by atoms with Crippen LogP contribution in [0.2, 0.25) is 0 Å². The second kappa shape index (κ2) is 4.52. The van der Waals surface area contributed by atoms with E-state index in [0.29, 0.717) is 11.1 Å². The minimum Gasteiger partial charge on any atom is -0.292 e. The Morgan fingerprint density at radius 3 is 3.00 bits per heavy atom. The number of aromatic nitrogens is 5. The minimum atomic E-state index is 0.389. The molecule has 3 heterocycles. The Balaban J connectivity index is 2.06. The van der Waals surface area contributed by atoms with Gasteiger partial charge in [-0.05, 0) is 30.1 Å². The molecule has 0 radical (unpaired) electrons. The highest BCUT2D eigenvalue weighted by Crippen LogP contribution is 2.32. The lowest BCUT2D eigenvalue weighted by atomic mass is 10.4. The highest BCUT2D eigenvalue weighted by Gasteiger charge is 2.12. The predicted octanol–water partition coefficient (Wildman–Crippen LogP) is 1.55. The first-order chi connectivity index (χ1) is 8.76. The molecule has 0 saturated carbocycles. The summed E-state index contributed by atoms with van der Waals surface area (Å²) in [4.78, 5) is 13.7. The first-order valence-electron chi connectivity index (χ1n) is 5.05. The van der Waals surface area contributed by atoms with E-state index in [-0.39, 0.29) is 0 Å². The van der Waals surface area contributed by atoms with Crippen LogP contribution in [0.15, 0.2) is 21.6 Å². The Kier molecular flexibility index (Phi) is 2.86. The Morgan fingerprint density at radius 1 is 1.39 bits per heavy atom. The highest BCUT2D eigenvalue weighted by molar-refractivity contribution is 7.99. The van der Waals surface area contributed by atoms with Crippen molar-refractivity contribution in [2.75, 3.05) is 5.43 Å². The van der Waals surface area contributed by atoms with E-state index < -0.39 is 0 Å². The quantitative estimate of drug-likeness (QED) is 0.379. The van der Waals surface area contributed by atoms with Crippen molar-refractivity contribution in [1.82, 2.24) is 25.1 Å². The van der Waals surface area contributed by atoms with Gasteiger partial charge in [0.2, 0.25) is 11.1 Å². The van der Waals surface area contributed by atoms with Crippen LogP contribution in [-0.2, 0) is 0 Å². The van der Waals surface area contributed by atoms with Crippen LogP contribution in [0.25, 0.3) is 10.2 Å². The zero-order chi connectivity index (χ0) is 12.5. The minimum absolute atomic E-state index is 0.389. The van der Waals surface area contributed by atoms with Gasteiger partial charge < -0.3 is 0 Å². The van der Waals surface area contributed by atoms with Crippen molar-refractivity contribution >= 4 is 39.3 Å². The van der Waals surface area contributed by atoms with Crippen molar-refractivity contribution in [2.45, 2.75) is 17.1 Å². The second-order valence-electron chi connectivity index (χ2n) is 3.44.